The molecule has 9 aromatic rings. The van der Waals surface area contributed by atoms with Gasteiger partial charge in [-0.3, -0.25) is 0 Å². The first-order chi connectivity index (χ1) is 23.7. The predicted octanol–water partition coefficient (Wildman–Crippen LogP) is 9.19. The maximum Gasteiger partial charge on any atom is 0.424 e. The number of benzene rings is 8. The summed E-state index contributed by atoms with van der Waals surface area (Å²) < 4.78 is 12.8. The first-order valence-electron chi connectivity index (χ1n) is 16.3. The van der Waals surface area contributed by atoms with Crippen molar-refractivity contribution >= 4 is 94.8 Å². The lowest BCUT2D eigenvalue weighted by atomic mass is 9.34. The Morgan fingerprint density at radius 1 is 0.542 bits per heavy atom. The molecule has 48 heavy (non-hydrogen) atoms. The zero-order valence-corrected chi connectivity index (χ0v) is 25.6. The molecule has 0 fully saturated rings. The molecule has 0 unspecified atom stereocenters. The normalized spacial score (nSPS) is 13.5. The van der Waals surface area contributed by atoms with Crippen molar-refractivity contribution in [2.45, 2.75) is 0 Å². The summed E-state index contributed by atoms with van der Waals surface area (Å²) in [4.78, 5) is 16.3. The molecule has 222 valence electrons. The summed E-state index contributed by atoms with van der Waals surface area (Å²) in [6.45, 7) is -0.134. The topological polar surface area (TPSA) is 42.7 Å². The highest BCUT2D eigenvalue weighted by molar-refractivity contribution is 7.00. The van der Waals surface area contributed by atoms with Crippen molar-refractivity contribution in [3.05, 3.63) is 146 Å². The van der Waals surface area contributed by atoms with E-state index in [2.05, 4.69) is 109 Å². The third kappa shape index (κ3) is 3.32. The minimum Gasteiger partial charge on any atom is -0.456 e. The number of hydrogen-bond donors (Lipinski definition) is 0. The molecule has 0 saturated carbocycles. The third-order valence-electron chi connectivity index (χ3n) is 10.3. The van der Waals surface area contributed by atoms with E-state index < -0.39 is 6.09 Å². The third-order valence-corrected chi connectivity index (χ3v) is 10.3. The highest BCUT2D eigenvalue weighted by Crippen LogP contribution is 2.49. The van der Waals surface area contributed by atoms with Crippen molar-refractivity contribution in [3.8, 4) is 16.9 Å². The van der Waals surface area contributed by atoms with Crippen LogP contribution in [-0.2, 0) is 0 Å². The Hall–Kier alpha value is -6.33. The molecule has 0 spiro atoms. The molecule has 0 N–H and O–H groups in total. The highest BCUT2D eigenvalue weighted by Gasteiger charge is 2.44. The van der Waals surface area contributed by atoms with Crippen molar-refractivity contribution in [3.63, 3.8) is 0 Å². The van der Waals surface area contributed by atoms with E-state index in [0.29, 0.717) is 5.75 Å². The SMILES string of the molecule is O=C1Oc2c(-c3cc4ccccc4c4ccccc34)ccc3ccc4c(c23)N1c1ccc2oc3ccccc3c2c1B4c1ccccc1. The van der Waals surface area contributed by atoms with Crippen LogP contribution in [0.3, 0.4) is 0 Å². The van der Waals surface area contributed by atoms with Gasteiger partial charge in [-0.25, -0.2) is 9.69 Å². The van der Waals surface area contributed by atoms with Crippen LogP contribution in [0.15, 0.2) is 150 Å². The van der Waals surface area contributed by atoms with Gasteiger partial charge in [-0.05, 0) is 73.8 Å². The number of fused-ring (bicyclic) bond motifs is 9. The van der Waals surface area contributed by atoms with E-state index in [-0.39, 0.29) is 6.71 Å². The molecular formula is C43H24BNO3. The van der Waals surface area contributed by atoms with E-state index in [1.54, 1.807) is 4.90 Å². The zero-order chi connectivity index (χ0) is 31.5. The van der Waals surface area contributed by atoms with E-state index in [0.717, 1.165) is 82.4 Å². The Morgan fingerprint density at radius 3 is 2.15 bits per heavy atom. The minimum atomic E-state index is -0.409. The van der Waals surface area contributed by atoms with Crippen LogP contribution in [-0.4, -0.2) is 12.8 Å². The van der Waals surface area contributed by atoms with Crippen molar-refractivity contribution in [2.75, 3.05) is 4.90 Å². The van der Waals surface area contributed by atoms with Crippen LogP contribution in [0.25, 0.3) is 65.4 Å². The monoisotopic (exact) mass is 613 g/mol. The predicted molar refractivity (Wildman–Crippen MR) is 197 cm³/mol. The van der Waals surface area contributed by atoms with Gasteiger partial charge in [0.05, 0.1) is 5.69 Å². The molecule has 5 heteroatoms. The number of amides is 1. The average molecular weight is 613 g/mol. The Morgan fingerprint density at radius 2 is 1.27 bits per heavy atom. The molecule has 0 saturated heterocycles. The number of carbonyl (C=O) groups excluding carboxylic acids is 1. The number of carbonyl (C=O) groups is 1. The van der Waals surface area contributed by atoms with Gasteiger partial charge in [-0.2, -0.15) is 0 Å². The van der Waals surface area contributed by atoms with Gasteiger partial charge < -0.3 is 9.15 Å². The molecule has 1 amide bonds. The van der Waals surface area contributed by atoms with Crippen molar-refractivity contribution in [1.29, 1.82) is 0 Å². The molecule has 0 bridgehead atoms. The average Bonchev–Trinajstić information content (AvgIpc) is 3.53. The molecule has 11 rings (SSSR count). The standard InChI is InChI=1S/C43H24BNO3/c46-43-45-35-22-23-37-39(32-16-8-9-17-36(32)47-37)40(35)44(27-11-2-1-3-12-27)34-21-19-25-18-20-31(42(48-43)38(25)41(34)45)33-24-26-10-4-5-13-28(26)29-14-6-7-15-30(29)33/h1-24H. The maximum absolute atomic E-state index is 14.5. The lowest BCUT2D eigenvalue weighted by molar-refractivity contribution is 0.210. The van der Waals surface area contributed by atoms with E-state index in [9.17, 15) is 4.79 Å². The molecule has 1 aromatic heterocycles. The second kappa shape index (κ2) is 9.37. The molecule has 0 atom stereocenters. The van der Waals surface area contributed by atoms with Gasteiger partial charge >= 0.3 is 6.09 Å². The summed E-state index contributed by atoms with van der Waals surface area (Å²) in [5.74, 6) is 0.608. The first-order valence-corrected chi connectivity index (χ1v) is 16.3. The summed E-state index contributed by atoms with van der Waals surface area (Å²) in [6.07, 6.45) is -0.409. The number of furan rings is 1. The lowest BCUT2D eigenvalue weighted by Gasteiger charge is -2.39. The number of anilines is 2. The molecular weight excluding hydrogens is 589 g/mol. The second-order valence-electron chi connectivity index (χ2n) is 12.8. The number of rotatable bonds is 2. The van der Waals surface area contributed by atoms with Crippen molar-refractivity contribution in [1.82, 2.24) is 0 Å². The van der Waals surface area contributed by atoms with Crippen LogP contribution < -0.4 is 26.0 Å². The van der Waals surface area contributed by atoms with Gasteiger partial charge in [0.2, 0.25) is 6.71 Å². The van der Waals surface area contributed by atoms with Gasteiger partial charge in [0, 0.05) is 27.4 Å². The van der Waals surface area contributed by atoms with Gasteiger partial charge in [-0.15, -0.1) is 0 Å². The summed E-state index contributed by atoms with van der Waals surface area (Å²) in [6, 6.07) is 50.6. The molecule has 8 aromatic carbocycles. The quantitative estimate of drug-likeness (QED) is 0.144. The van der Waals surface area contributed by atoms with E-state index in [1.807, 2.05) is 36.4 Å². The fourth-order valence-electron chi connectivity index (χ4n) is 8.36. The number of para-hydroxylation sites is 1. The van der Waals surface area contributed by atoms with E-state index in [1.165, 1.54) is 10.8 Å². The van der Waals surface area contributed by atoms with Gasteiger partial charge in [0.15, 0.2) is 5.75 Å². The van der Waals surface area contributed by atoms with Crippen LogP contribution >= 0.6 is 0 Å². The lowest BCUT2D eigenvalue weighted by Crippen LogP contribution is -2.59. The van der Waals surface area contributed by atoms with Crippen molar-refractivity contribution in [2.24, 2.45) is 0 Å². The molecule has 4 nitrogen and oxygen atoms in total. The summed E-state index contributed by atoms with van der Waals surface area (Å²) in [7, 11) is 0. The van der Waals surface area contributed by atoms with Crippen LogP contribution in [0.5, 0.6) is 5.75 Å². The minimum absolute atomic E-state index is 0.134. The molecule has 3 heterocycles. The molecule has 0 aliphatic carbocycles. The number of nitrogens with zero attached hydrogens (tertiary/aromatic N) is 1. The van der Waals surface area contributed by atoms with Crippen molar-refractivity contribution < 1.29 is 13.9 Å². The largest absolute Gasteiger partial charge is 0.456 e. The summed E-state index contributed by atoms with van der Waals surface area (Å²) >= 11 is 0. The molecule has 2 aliphatic heterocycles. The van der Waals surface area contributed by atoms with Crippen LogP contribution in [0, 0.1) is 0 Å². The fraction of sp³-hybridized carbons (Fsp3) is 0. The Bertz CT molecular complexity index is 2860. The Labute approximate surface area is 275 Å². The number of hydrogen-bond acceptors (Lipinski definition) is 3. The maximum atomic E-state index is 14.5. The zero-order valence-electron chi connectivity index (χ0n) is 25.6. The van der Waals surface area contributed by atoms with Gasteiger partial charge in [0.1, 0.15) is 11.2 Å². The van der Waals surface area contributed by atoms with Crippen LogP contribution in [0.4, 0.5) is 16.2 Å². The summed E-state index contributed by atoms with van der Waals surface area (Å²) in [5, 5.41) is 8.68. The Kier molecular flexibility index (Phi) is 5.04. The highest BCUT2D eigenvalue weighted by atomic mass is 16.6. The fourth-order valence-corrected chi connectivity index (χ4v) is 8.36. The second-order valence-corrected chi connectivity index (χ2v) is 12.8. The summed E-state index contributed by atoms with van der Waals surface area (Å²) in [5.41, 5.74) is 8.56. The molecule has 0 radical (unpaired) electrons. The smallest absolute Gasteiger partial charge is 0.424 e. The molecule has 2 aliphatic rings. The van der Waals surface area contributed by atoms with E-state index >= 15 is 0 Å². The van der Waals surface area contributed by atoms with Crippen LogP contribution in [0.2, 0.25) is 0 Å². The van der Waals surface area contributed by atoms with E-state index in [4.69, 9.17) is 9.15 Å². The Balaban J connectivity index is 1.27. The van der Waals surface area contributed by atoms with Gasteiger partial charge in [-0.1, -0.05) is 121 Å². The van der Waals surface area contributed by atoms with Gasteiger partial charge in [0.25, 0.3) is 0 Å². The number of ether oxygens (including phenoxy) is 1. The van der Waals surface area contributed by atoms with Crippen LogP contribution in [0.1, 0.15) is 0 Å². The first kappa shape index (κ1) is 25.8.